The fraction of sp³-hybridized carbons (Fsp3) is 0.467. The van der Waals surface area contributed by atoms with Crippen LogP contribution < -0.4 is 15.4 Å². The largest absolute Gasteiger partial charge is 0.497 e. The van der Waals surface area contributed by atoms with Crippen LogP contribution >= 0.6 is 0 Å². The number of ether oxygens (including phenoxy) is 1. The average Bonchev–Trinajstić information content (AvgIpc) is 3.19. The van der Waals surface area contributed by atoms with Crippen LogP contribution in [0.3, 0.4) is 0 Å². The van der Waals surface area contributed by atoms with Crippen molar-refractivity contribution in [3.8, 4) is 5.75 Å². The Bertz CT molecular complexity index is 535. The fourth-order valence-electron chi connectivity index (χ4n) is 2.71. The van der Waals surface area contributed by atoms with E-state index in [4.69, 9.17) is 4.74 Å². The molecule has 1 saturated carbocycles. The molecule has 2 fully saturated rings. The minimum atomic E-state index is -0.449. The lowest BCUT2D eigenvalue weighted by molar-refractivity contribution is -0.128. The topological polar surface area (TPSA) is 67.4 Å². The second kappa shape index (κ2) is 4.81. The summed E-state index contributed by atoms with van der Waals surface area (Å²) in [5.41, 5.74) is 0.545. The highest BCUT2D eigenvalue weighted by Gasteiger charge is 2.52. The summed E-state index contributed by atoms with van der Waals surface area (Å²) in [7, 11) is 1.62. The van der Waals surface area contributed by atoms with Crippen molar-refractivity contribution in [1.29, 1.82) is 0 Å². The van der Waals surface area contributed by atoms with Gasteiger partial charge in [-0.25, -0.2) is 0 Å². The highest BCUT2D eigenvalue weighted by atomic mass is 16.5. The van der Waals surface area contributed by atoms with Gasteiger partial charge in [0.2, 0.25) is 11.8 Å². The van der Waals surface area contributed by atoms with Crippen molar-refractivity contribution >= 4 is 11.8 Å². The first-order valence-electron chi connectivity index (χ1n) is 6.89. The molecule has 106 valence electrons. The highest BCUT2D eigenvalue weighted by Crippen LogP contribution is 2.48. The molecule has 1 aliphatic heterocycles. The van der Waals surface area contributed by atoms with E-state index >= 15 is 0 Å². The fourth-order valence-corrected chi connectivity index (χ4v) is 2.71. The van der Waals surface area contributed by atoms with Crippen LogP contribution in [0.25, 0.3) is 0 Å². The van der Waals surface area contributed by atoms with Crippen molar-refractivity contribution in [3.05, 3.63) is 29.8 Å². The quantitative estimate of drug-likeness (QED) is 0.850. The minimum Gasteiger partial charge on any atom is -0.497 e. The van der Waals surface area contributed by atoms with Gasteiger partial charge >= 0.3 is 0 Å². The molecule has 5 heteroatoms. The molecule has 2 N–H and O–H groups in total. The molecule has 2 amide bonds. The van der Waals surface area contributed by atoms with Gasteiger partial charge in [-0.1, -0.05) is 12.1 Å². The van der Waals surface area contributed by atoms with Crippen molar-refractivity contribution in [2.45, 2.75) is 30.7 Å². The van der Waals surface area contributed by atoms with Gasteiger partial charge in [-0.2, -0.15) is 0 Å². The maximum Gasteiger partial charge on any atom is 0.242 e. The van der Waals surface area contributed by atoms with E-state index in [-0.39, 0.29) is 17.9 Å². The first-order valence-corrected chi connectivity index (χ1v) is 6.89. The molecule has 1 heterocycles. The zero-order valence-electron chi connectivity index (χ0n) is 11.4. The van der Waals surface area contributed by atoms with E-state index in [0.29, 0.717) is 13.0 Å². The first-order chi connectivity index (χ1) is 9.65. The molecule has 2 aliphatic rings. The molecule has 0 bridgehead atoms. The maximum atomic E-state index is 12.5. The molecular formula is C15H18N2O3. The van der Waals surface area contributed by atoms with Gasteiger partial charge in [0.1, 0.15) is 11.8 Å². The average molecular weight is 274 g/mol. The lowest BCUT2D eigenvalue weighted by atomic mass is 9.94. The second-order valence-corrected chi connectivity index (χ2v) is 5.42. The summed E-state index contributed by atoms with van der Waals surface area (Å²) in [5.74, 6) is 0.661. The molecule has 20 heavy (non-hydrogen) atoms. The summed E-state index contributed by atoms with van der Waals surface area (Å²) in [5, 5.41) is 5.61. The van der Waals surface area contributed by atoms with Crippen LogP contribution in [0.5, 0.6) is 5.75 Å². The third-order valence-corrected chi connectivity index (χ3v) is 4.18. The molecule has 0 spiro atoms. The Morgan fingerprint density at radius 3 is 2.55 bits per heavy atom. The number of hydrogen-bond donors (Lipinski definition) is 2. The monoisotopic (exact) mass is 274 g/mol. The summed E-state index contributed by atoms with van der Waals surface area (Å²) >= 11 is 0. The number of benzene rings is 1. The molecule has 1 saturated heterocycles. The molecular weight excluding hydrogens is 256 g/mol. The minimum absolute atomic E-state index is 0.0373. The maximum absolute atomic E-state index is 12.5. The smallest absolute Gasteiger partial charge is 0.242 e. The molecule has 3 rings (SSSR count). The first kappa shape index (κ1) is 13.0. The van der Waals surface area contributed by atoms with Crippen molar-refractivity contribution in [3.63, 3.8) is 0 Å². The van der Waals surface area contributed by atoms with Gasteiger partial charge in [0.15, 0.2) is 0 Å². The van der Waals surface area contributed by atoms with Crippen LogP contribution in [0.15, 0.2) is 24.3 Å². The normalized spacial score (nSPS) is 23.1. The van der Waals surface area contributed by atoms with Crippen LogP contribution in [-0.4, -0.2) is 31.5 Å². The highest BCUT2D eigenvalue weighted by molar-refractivity contribution is 5.95. The third-order valence-electron chi connectivity index (χ3n) is 4.18. The Labute approximate surface area is 117 Å². The van der Waals surface area contributed by atoms with E-state index in [1.165, 1.54) is 0 Å². The molecule has 1 aromatic rings. The lowest BCUT2D eigenvalue weighted by Gasteiger charge is -2.18. The van der Waals surface area contributed by atoms with E-state index < -0.39 is 5.41 Å². The molecule has 0 radical (unpaired) electrons. The number of rotatable bonds is 4. The number of amides is 2. The Morgan fingerprint density at radius 1 is 1.35 bits per heavy atom. The van der Waals surface area contributed by atoms with Crippen LogP contribution in [0.2, 0.25) is 0 Å². The number of nitrogens with one attached hydrogen (secondary N) is 2. The SMILES string of the molecule is COc1ccc(C2(C(=O)N[C@H]3CCNC3=O)CC2)cc1. The molecule has 1 atom stereocenters. The van der Waals surface area contributed by atoms with Crippen LogP contribution in [0, 0.1) is 0 Å². The van der Waals surface area contributed by atoms with Gasteiger partial charge in [0, 0.05) is 6.54 Å². The van der Waals surface area contributed by atoms with Gasteiger partial charge in [0.05, 0.1) is 12.5 Å². The Kier molecular flexibility index (Phi) is 3.12. The van der Waals surface area contributed by atoms with E-state index in [0.717, 1.165) is 24.2 Å². The van der Waals surface area contributed by atoms with E-state index in [2.05, 4.69) is 10.6 Å². The molecule has 5 nitrogen and oxygen atoms in total. The Balaban J connectivity index is 1.74. The zero-order valence-corrected chi connectivity index (χ0v) is 11.4. The van der Waals surface area contributed by atoms with Gasteiger partial charge < -0.3 is 15.4 Å². The number of hydrogen-bond acceptors (Lipinski definition) is 3. The van der Waals surface area contributed by atoms with Crippen molar-refractivity contribution in [2.24, 2.45) is 0 Å². The van der Waals surface area contributed by atoms with Crippen molar-refractivity contribution < 1.29 is 14.3 Å². The Morgan fingerprint density at radius 2 is 2.05 bits per heavy atom. The third kappa shape index (κ3) is 2.13. The summed E-state index contributed by atoms with van der Waals surface area (Å²) in [6.45, 7) is 0.638. The van der Waals surface area contributed by atoms with Crippen LogP contribution in [0.1, 0.15) is 24.8 Å². The number of carbonyl (C=O) groups is 2. The van der Waals surface area contributed by atoms with Gasteiger partial charge in [-0.15, -0.1) is 0 Å². The Hall–Kier alpha value is -2.04. The molecule has 1 aliphatic carbocycles. The summed E-state index contributed by atoms with van der Waals surface area (Å²) < 4.78 is 5.13. The van der Waals surface area contributed by atoms with Crippen molar-refractivity contribution in [2.75, 3.05) is 13.7 Å². The van der Waals surface area contributed by atoms with E-state index in [1.807, 2.05) is 24.3 Å². The summed E-state index contributed by atoms with van der Waals surface area (Å²) in [6.07, 6.45) is 2.34. The molecule has 1 aromatic carbocycles. The number of carbonyl (C=O) groups excluding carboxylic acids is 2. The molecule has 0 unspecified atom stereocenters. The predicted octanol–water partition coefficient (Wildman–Crippen LogP) is 0.731. The summed E-state index contributed by atoms with van der Waals surface area (Å²) in [4.78, 5) is 24.0. The van der Waals surface area contributed by atoms with E-state index in [9.17, 15) is 9.59 Å². The van der Waals surface area contributed by atoms with E-state index in [1.54, 1.807) is 7.11 Å². The summed E-state index contributed by atoms with van der Waals surface area (Å²) in [6, 6.07) is 7.22. The zero-order chi connectivity index (χ0) is 14.2. The lowest BCUT2D eigenvalue weighted by Crippen LogP contribution is -2.45. The van der Waals surface area contributed by atoms with Gasteiger partial charge in [0.25, 0.3) is 0 Å². The van der Waals surface area contributed by atoms with Crippen molar-refractivity contribution in [1.82, 2.24) is 10.6 Å². The second-order valence-electron chi connectivity index (χ2n) is 5.42. The van der Waals surface area contributed by atoms with Crippen LogP contribution in [0.4, 0.5) is 0 Å². The standard InChI is InChI=1S/C15H18N2O3/c1-20-11-4-2-10(3-5-11)15(7-8-15)14(19)17-12-6-9-16-13(12)18/h2-5,12H,6-9H2,1H3,(H,16,18)(H,17,19)/t12-/m0/s1. The molecule has 0 aromatic heterocycles. The number of methoxy groups -OCH3 is 1. The van der Waals surface area contributed by atoms with Gasteiger partial charge in [-0.3, -0.25) is 9.59 Å². The predicted molar refractivity (Wildman–Crippen MR) is 73.5 cm³/mol. The van der Waals surface area contributed by atoms with Crippen LogP contribution in [-0.2, 0) is 15.0 Å². The van der Waals surface area contributed by atoms with Gasteiger partial charge in [-0.05, 0) is 37.0 Å².